The highest BCUT2D eigenvalue weighted by atomic mass is 19.2. The summed E-state index contributed by atoms with van der Waals surface area (Å²) in [5, 5.41) is 8.62. The number of benzene rings is 1. The van der Waals surface area contributed by atoms with Crippen LogP contribution >= 0.6 is 0 Å². The van der Waals surface area contributed by atoms with Gasteiger partial charge in [0.1, 0.15) is 0 Å². The molecule has 0 saturated carbocycles. The number of hydrogen-bond acceptors (Lipinski definition) is 2. The molecule has 15 heavy (non-hydrogen) atoms. The SMILES string of the molecule is COc1c(C(C)C#N)cc(F)c(F)c1F. The van der Waals surface area contributed by atoms with E-state index in [0.717, 1.165) is 13.2 Å². The molecule has 0 radical (unpaired) electrons. The fourth-order valence-electron chi connectivity index (χ4n) is 1.20. The standard InChI is InChI=1S/C10H8F3NO/c1-5(4-14)6-3-7(11)8(12)9(13)10(6)15-2/h3,5H,1-2H3. The van der Waals surface area contributed by atoms with E-state index in [1.165, 1.54) is 6.92 Å². The van der Waals surface area contributed by atoms with Crippen molar-refractivity contribution >= 4 is 0 Å². The van der Waals surface area contributed by atoms with Crippen molar-refractivity contribution in [3.05, 3.63) is 29.1 Å². The lowest BCUT2D eigenvalue weighted by Gasteiger charge is -2.11. The maximum absolute atomic E-state index is 13.2. The Bertz CT molecular complexity index is 426. The molecule has 0 heterocycles. The summed E-state index contributed by atoms with van der Waals surface area (Å²) < 4.78 is 43.5. The number of ether oxygens (including phenoxy) is 1. The molecule has 1 unspecified atom stereocenters. The molecule has 0 fully saturated rings. The molecule has 5 heteroatoms. The van der Waals surface area contributed by atoms with Crippen LogP contribution in [0, 0.1) is 28.8 Å². The van der Waals surface area contributed by atoms with Gasteiger partial charge in [0.2, 0.25) is 5.82 Å². The van der Waals surface area contributed by atoms with Crippen molar-refractivity contribution < 1.29 is 17.9 Å². The smallest absolute Gasteiger partial charge is 0.203 e. The largest absolute Gasteiger partial charge is 0.493 e. The van der Waals surface area contributed by atoms with E-state index in [1.54, 1.807) is 6.07 Å². The van der Waals surface area contributed by atoms with Crippen molar-refractivity contribution in [2.24, 2.45) is 0 Å². The summed E-state index contributed by atoms with van der Waals surface area (Å²) in [4.78, 5) is 0. The van der Waals surface area contributed by atoms with E-state index in [0.29, 0.717) is 0 Å². The van der Waals surface area contributed by atoms with Crippen molar-refractivity contribution in [2.45, 2.75) is 12.8 Å². The molecule has 1 atom stereocenters. The molecule has 0 amide bonds. The van der Waals surface area contributed by atoms with Gasteiger partial charge in [-0.3, -0.25) is 0 Å². The molecule has 1 rings (SSSR count). The van der Waals surface area contributed by atoms with Crippen molar-refractivity contribution in [1.29, 1.82) is 5.26 Å². The molecule has 0 aromatic heterocycles. The first-order valence-electron chi connectivity index (χ1n) is 4.13. The lowest BCUT2D eigenvalue weighted by molar-refractivity contribution is 0.355. The lowest BCUT2D eigenvalue weighted by atomic mass is 10.0. The highest BCUT2D eigenvalue weighted by Crippen LogP contribution is 2.31. The Kier molecular flexibility index (Phi) is 3.20. The second-order valence-corrected chi connectivity index (χ2v) is 2.96. The van der Waals surface area contributed by atoms with Gasteiger partial charge in [-0.25, -0.2) is 8.78 Å². The lowest BCUT2D eigenvalue weighted by Crippen LogP contribution is -2.03. The van der Waals surface area contributed by atoms with Crippen LogP contribution in [0.2, 0.25) is 0 Å². The molecule has 0 saturated heterocycles. The third-order valence-electron chi connectivity index (χ3n) is 2.01. The normalized spacial score (nSPS) is 12.0. The second kappa shape index (κ2) is 4.22. The molecule has 1 aromatic carbocycles. The van der Waals surface area contributed by atoms with E-state index in [4.69, 9.17) is 5.26 Å². The molecule has 0 aliphatic rings. The third-order valence-corrected chi connectivity index (χ3v) is 2.01. The van der Waals surface area contributed by atoms with Gasteiger partial charge < -0.3 is 4.74 Å². The van der Waals surface area contributed by atoms with Gasteiger partial charge >= 0.3 is 0 Å². The molecule has 0 bridgehead atoms. The van der Waals surface area contributed by atoms with Gasteiger partial charge in [-0.05, 0) is 13.0 Å². The number of rotatable bonds is 2. The summed E-state index contributed by atoms with van der Waals surface area (Å²) in [6.45, 7) is 1.44. The van der Waals surface area contributed by atoms with Gasteiger partial charge in [-0.15, -0.1) is 0 Å². The molecule has 0 N–H and O–H groups in total. The number of hydrogen-bond donors (Lipinski definition) is 0. The van der Waals surface area contributed by atoms with E-state index in [2.05, 4.69) is 4.74 Å². The number of nitrogens with zero attached hydrogens (tertiary/aromatic N) is 1. The number of methoxy groups -OCH3 is 1. The number of nitriles is 1. The van der Waals surface area contributed by atoms with Crippen molar-refractivity contribution in [1.82, 2.24) is 0 Å². The Hall–Kier alpha value is -1.70. The summed E-state index contributed by atoms with van der Waals surface area (Å²) in [5.74, 6) is -5.53. The van der Waals surface area contributed by atoms with Crippen LogP contribution in [0.3, 0.4) is 0 Å². The fourth-order valence-corrected chi connectivity index (χ4v) is 1.20. The molecule has 0 aliphatic carbocycles. The molecule has 1 aromatic rings. The van der Waals surface area contributed by atoms with Crippen LogP contribution in [0.4, 0.5) is 13.2 Å². The first-order valence-corrected chi connectivity index (χ1v) is 4.13. The van der Waals surface area contributed by atoms with Gasteiger partial charge in [0.05, 0.1) is 19.1 Å². The quantitative estimate of drug-likeness (QED) is 0.710. The van der Waals surface area contributed by atoms with E-state index in [9.17, 15) is 13.2 Å². The van der Waals surface area contributed by atoms with Crippen LogP contribution < -0.4 is 4.74 Å². The maximum Gasteiger partial charge on any atom is 0.203 e. The van der Waals surface area contributed by atoms with Crippen molar-refractivity contribution in [2.75, 3.05) is 7.11 Å². The zero-order valence-electron chi connectivity index (χ0n) is 8.14. The highest BCUT2D eigenvalue weighted by Gasteiger charge is 2.22. The minimum absolute atomic E-state index is 0.00333. The summed E-state index contributed by atoms with van der Waals surface area (Å²) >= 11 is 0. The minimum atomic E-state index is -1.60. The van der Waals surface area contributed by atoms with Gasteiger partial charge in [0, 0.05) is 5.56 Å². The van der Waals surface area contributed by atoms with E-state index in [-0.39, 0.29) is 5.56 Å². The van der Waals surface area contributed by atoms with Crippen LogP contribution in [-0.2, 0) is 0 Å². The Morgan fingerprint density at radius 3 is 2.40 bits per heavy atom. The Labute approximate surface area is 84.9 Å². The topological polar surface area (TPSA) is 33.0 Å². The fraction of sp³-hybridized carbons (Fsp3) is 0.300. The molecular formula is C10H8F3NO. The average molecular weight is 215 g/mol. The number of halogens is 3. The summed E-state index contributed by atoms with van der Waals surface area (Å²) in [6, 6.07) is 2.56. The predicted octanol–water partition coefficient (Wildman–Crippen LogP) is 2.74. The Morgan fingerprint density at radius 2 is 1.93 bits per heavy atom. The van der Waals surface area contributed by atoms with Gasteiger partial charge in [-0.1, -0.05) is 0 Å². The Balaban J connectivity index is 3.46. The zero-order valence-corrected chi connectivity index (χ0v) is 8.14. The molecular weight excluding hydrogens is 207 g/mol. The second-order valence-electron chi connectivity index (χ2n) is 2.96. The van der Waals surface area contributed by atoms with Crippen LogP contribution in [0.25, 0.3) is 0 Å². The summed E-state index contributed by atoms with van der Waals surface area (Å²) in [6.07, 6.45) is 0. The summed E-state index contributed by atoms with van der Waals surface area (Å²) in [7, 11) is 1.13. The molecule has 0 spiro atoms. The van der Waals surface area contributed by atoms with Gasteiger partial charge in [-0.2, -0.15) is 9.65 Å². The molecule has 0 aliphatic heterocycles. The van der Waals surface area contributed by atoms with Crippen LogP contribution in [0.5, 0.6) is 5.75 Å². The van der Waals surface area contributed by atoms with Crippen molar-refractivity contribution in [3.63, 3.8) is 0 Å². The Morgan fingerprint density at radius 1 is 1.33 bits per heavy atom. The first-order chi connectivity index (χ1) is 7.02. The highest BCUT2D eigenvalue weighted by molar-refractivity contribution is 5.41. The van der Waals surface area contributed by atoms with E-state index < -0.39 is 29.1 Å². The van der Waals surface area contributed by atoms with E-state index >= 15 is 0 Å². The summed E-state index contributed by atoms with van der Waals surface area (Å²) in [5.41, 5.74) is -0.00333. The van der Waals surface area contributed by atoms with Crippen LogP contribution in [-0.4, -0.2) is 7.11 Å². The third kappa shape index (κ3) is 1.89. The van der Waals surface area contributed by atoms with Crippen molar-refractivity contribution in [3.8, 4) is 11.8 Å². The van der Waals surface area contributed by atoms with Gasteiger partial charge in [0.15, 0.2) is 17.4 Å². The monoisotopic (exact) mass is 215 g/mol. The average Bonchev–Trinajstić information content (AvgIpc) is 2.24. The van der Waals surface area contributed by atoms with Crippen LogP contribution in [0.15, 0.2) is 6.07 Å². The zero-order chi connectivity index (χ0) is 11.6. The predicted molar refractivity (Wildman–Crippen MR) is 46.9 cm³/mol. The maximum atomic E-state index is 13.2. The first kappa shape index (κ1) is 11.4. The molecule has 2 nitrogen and oxygen atoms in total. The van der Waals surface area contributed by atoms with Crippen LogP contribution in [0.1, 0.15) is 18.4 Å². The molecule has 80 valence electrons. The van der Waals surface area contributed by atoms with E-state index in [1.807, 2.05) is 0 Å². The minimum Gasteiger partial charge on any atom is -0.493 e. The van der Waals surface area contributed by atoms with Gasteiger partial charge in [0.25, 0.3) is 0 Å².